The van der Waals surface area contributed by atoms with Crippen molar-refractivity contribution in [2.24, 2.45) is 0 Å². The van der Waals surface area contributed by atoms with Gasteiger partial charge in [-0.05, 0) is 128 Å². The Morgan fingerprint density at radius 3 is 0.797 bits per heavy atom. The molecule has 0 spiro atoms. The summed E-state index contributed by atoms with van der Waals surface area (Å²) in [6.07, 6.45) is 92.1. The molecule has 6 heteroatoms. The molecule has 0 rings (SSSR count). The normalized spacial score (nSPS) is 12.9. The summed E-state index contributed by atoms with van der Waals surface area (Å²) in [5.74, 6) is -0.935. The minimum atomic E-state index is -0.801. The summed E-state index contributed by atoms with van der Waals surface area (Å²) in [6, 6.07) is 0. The first-order chi connectivity index (χ1) is 39.0. The largest absolute Gasteiger partial charge is 0.462 e. The van der Waals surface area contributed by atoms with E-state index in [4.69, 9.17) is 14.2 Å². The van der Waals surface area contributed by atoms with Crippen molar-refractivity contribution in [3.05, 3.63) is 122 Å². The molecule has 0 aliphatic carbocycles. The van der Waals surface area contributed by atoms with Crippen LogP contribution in [0.25, 0.3) is 0 Å². The van der Waals surface area contributed by atoms with Crippen LogP contribution < -0.4 is 0 Å². The van der Waals surface area contributed by atoms with Crippen LogP contribution >= 0.6 is 0 Å². The fourth-order valence-electron chi connectivity index (χ4n) is 9.04. The average molecular weight is 1100 g/mol. The predicted octanol–water partition coefficient (Wildman–Crippen LogP) is 22.8. The Kier molecular flexibility index (Phi) is 62.8. The van der Waals surface area contributed by atoms with Gasteiger partial charge in [-0.15, -0.1) is 0 Å². The Balaban J connectivity index is 4.35. The van der Waals surface area contributed by atoms with Crippen LogP contribution in [0.3, 0.4) is 0 Å². The van der Waals surface area contributed by atoms with Crippen LogP contribution in [0.5, 0.6) is 0 Å². The maximum Gasteiger partial charge on any atom is 0.306 e. The summed E-state index contributed by atoms with van der Waals surface area (Å²) in [7, 11) is 0. The van der Waals surface area contributed by atoms with E-state index in [2.05, 4.69) is 142 Å². The molecule has 0 saturated carbocycles. The van der Waals surface area contributed by atoms with Crippen molar-refractivity contribution in [2.45, 2.75) is 309 Å². The minimum absolute atomic E-state index is 0.0941. The summed E-state index contributed by atoms with van der Waals surface area (Å²) in [4.78, 5) is 38.4. The summed E-state index contributed by atoms with van der Waals surface area (Å²) < 4.78 is 16.9. The highest BCUT2D eigenvalue weighted by molar-refractivity contribution is 5.71. The number of rotatable bonds is 59. The predicted molar refractivity (Wildman–Crippen MR) is 343 cm³/mol. The lowest BCUT2D eigenvalue weighted by Gasteiger charge is -2.18. The molecule has 0 fully saturated rings. The number of esters is 3. The van der Waals surface area contributed by atoms with E-state index >= 15 is 0 Å². The van der Waals surface area contributed by atoms with Crippen molar-refractivity contribution < 1.29 is 28.6 Å². The third kappa shape index (κ3) is 64.5. The van der Waals surface area contributed by atoms with Crippen molar-refractivity contribution in [2.75, 3.05) is 13.2 Å². The van der Waals surface area contributed by atoms with Gasteiger partial charge < -0.3 is 14.2 Å². The minimum Gasteiger partial charge on any atom is -0.462 e. The first kappa shape index (κ1) is 74.8. The lowest BCUT2D eigenvalue weighted by molar-refractivity contribution is -0.167. The monoisotopic (exact) mass is 1090 g/mol. The van der Waals surface area contributed by atoms with Gasteiger partial charge in [0, 0.05) is 19.3 Å². The second kappa shape index (κ2) is 66.3. The molecule has 0 aliphatic heterocycles. The summed E-state index contributed by atoms with van der Waals surface area (Å²) in [5, 5.41) is 0. The lowest BCUT2D eigenvalue weighted by atomic mass is 10.0. The first-order valence-electron chi connectivity index (χ1n) is 33.0. The Labute approximate surface area is 488 Å². The quantitative estimate of drug-likeness (QED) is 0.0261. The molecule has 0 radical (unpaired) electrons. The van der Waals surface area contributed by atoms with E-state index in [0.717, 1.165) is 116 Å². The number of carbonyl (C=O) groups is 3. The molecule has 0 saturated heterocycles. The lowest BCUT2D eigenvalue weighted by Crippen LogP contribution is -2.30. The fourth-order valence-corrected chi connectivity index (χ4v) is 9.04. The molecule has 0 amide bonds. The number of hydrogen-bond acceptors (Lipinski definition) is 6. The Bertz CT molecular complexity index is 1640. The summed E-state index contributed by atoms with van der Waals surface area (Å²) in [5.41, 5.74) is 0. The van der Waals surface area contributed by atoms with E-state index in [1.165, 1.54) is 148 Å². The Morgan fingerprint density at radius 1 is 0.266 bits per heavy atom. The van der Waals surface area contributed by atoms with Gasteiger partial charge in [-0.3, -0.25) is 14.4 Å². The van der Waals surface area contributed by atoms with Gasteiger partial charge in [0.2, 0.25) is 0 Å². The van der Waals surface area contributed by atoms with Crippen molar-refractivity contribution in [1.82, 2.24) is 0 Å². The molecule has 0 heterocycles. The highest BCUT2D eigenvalue weighted by Gasteiger charge is 2.19. The molecule has 0 aromatic carbocycles. The molecule has 450 valence electrons. The van der Waals surface area contributed by atoms with E-state index in [1.54, 1.807) is 0 Å². The molecular weight excluding hydrogens is 973 g/mol. The molecule has 0 aromatic heterocycles. The maximum absolute atomic E-state index is 12.9. The average Bonchev–Trinajstić information content (AvgIpc) is 3.45. The van der Waals surface area contributed by atoms with E-state index in [-0.39, 0.29) is 31.1 Å². The van der Waals surface area contributed by atoms with Gasteiger partial charge in [0.15, 0.2) is 6.10 Å². The number of carbonyl (C=O) groups excluding carboxylic acids is 3. The zero-order valence-electron chi connectivity index (χ0n) is 51.6. The molecule has 1 atom stereocenters. The fraction of sp³-hybridized carbons (Fsp3) is 0.685. The molecular formula is C73H122O6. The number of allylic oxidation sites excluding steroid dienone is 20. The van der Waals surface area contributed by atoms with Crippen molar-refractivity contribution in [3.63, 3.8) is 0 Å². The van der Waals surface area contributed by atoms with Gasteiger partial charge in [0.05, 0.1) is 0 Å². The zero-order chi connectivity index (χ0) is 57.1. The molecule has 6 nitrogen and oxygen atoms in total. The van der Waals surface area contributed by atoms with Gasteiger partial charge in [-0.2, -0.15) is 0 Å². The standard InChI is InChI=1S/C73H122O6/c1-4-7-10-13-16-19-22-25-28-30-32-33-34-35-36-37-38-39-41-42-45-48-51-54-57-60-63-66-72(75)78-69-70(68-77-71(74)65-62-59-56-53-50-47-44-27-24-21-18-15-12-9-6-3)79-73(76)67-64-61-58-55-52-49-46-43-40-31-29-26-23-20-17-14-11-8-5-2/h7,9-10,12,16-21,25-29,32-33,44,50,53,70H,4-6,8,11,13-15,22-24,30-31,34-43,45-49,51-52,54-69H2,1-3H3/b10-7-,12-9-,19-16-,20-17-,21-18-,28-25-,29-26-,33-32-,44-27-,53-50-. The van der Waals surface area contributed by atoms with Crippen LogP contribution in [0.15, 0.2) is 122 Å². The Morgan fingerprint density at radius 2 is 0.494 bits per heavy atom. The SMILES string of the molecule is CC/C=C\C/C=C\C/C=C\C/C=C\CCCCCCCCCCCCCCCCC(=O)OCC(COC(=O)CCCC/C=C\C/C=C\C/C=C\C/C=C\CC)OC(=O)CCCCCCCCCCC/C=C\C/C=C\CCCCC. The van der Waals surface area contributed by atoms with Crippen molar-refractivity contribution in [1.29, 1.82) is 0 Å². The van der Waals surface area contributed by atoms with Crippen LogP contribution in [0, 0.1) is 0 Å². The highest BCUT2D eigenvalue weighted by Crippen LogP contribution is 2.16. The second-order valence-corrected chi connectivity index (χ2v) is 21.6. The zero-order valence-corrected chi connectivity index (χ0v) is 51.6. The third-order valence-electron chi connectivity index (χ3n) is 13.9. The van der Waals surface area contributed by atoms with Crippen molar-refractivity contribution >= 4 is 17.9 Å². The van der Waals surface area contributed by atoms with Gasteiger partial charge in [-0.25, -0.2) is 0 Å². The van der Waals surface area contributed by atoms with Crippen LogP contribution in [0.4, 0.5) is 0 Å². The van der Waals surface area contributed by atoms with E-state index < -0.39 is 6.10 Å². The van der Waals surface area contributed by atoms with Crippen LogP contribution in [0.1, 0.15) is 303 Å². The Hall–Kier alpha value is -4.19. The molecule has 79 heavy (non-hydrogen) atoms. The smallest absolute Gasteiger partial charge is 0.306 e. The molecule has 0 aromatic rings. The van der Waals surface area contributed by atoms with Gasteiger partial charge in [-0.1, -0.05) is 277 Å². The van der Waals surface area contributed by atoms with E-state index in [0.29, 0.717) is 19.3 Å². The first-order valence-corrected chi connectivity index (χ1v) is 33.0. The molecule has 1 unspecified atom stereocenters. The number of unbranched alkanes of at least 4 members (excludes halogenated alkanes) is 28. The summed E-state index contributed by atoms with van der Waals surface area (Å²) >= 11 is 0. The van der Waals surface area contributed by atoms with Gasteiger partial charge in [0.1, 0.15) is 13.2 Å². The third-order valence-corrected chi connectivity index (χ3v) is 13.9. The topological polar surface area (TPSA) is 78.9 Å². The van der Waals surface area contributed by atoms with Gasteiger partial charge >= 0.3 is 17.9 Å². The van der Waals surface area contributed by atoms with E-state index in [1.807, 2.05) is 0 Å². The molecule has 0 N–H and O–H groups in total. The van der Waals surface area contributed by atoms with Crippen LogP contribution in [-0.2, 0) is 28.6 Å². The number of ether oxygens (including phenoxy) is 3. The van der Waals surface area contributed by atoms with Crippen LogP contribution in [0.2, 0.25) is 0 Å². The second-order valence-electron chi connectivity index (χ2n) is 21.6. The summed E-state index contributed by atoms with van der Waals surface area (Å²) in [6.45, 7) is 6.37. The van der Waals surface area contributed by atoms with Gasteiger partial charge in [0.25, 0.3) is 0 Å². The molecule has 0 aliphatic rings. The van der Waals surface area contributed by atoms with E-state index in [9.17, 15) is 14.4 Å². The maximum atomic E-state index is 12.9. The number of hydrogen-bond donors (Lipinski definition) is 0. The van der Waals surface area contributed by atoms with Crippen LogP contribution in [-0.4, -0.2) is 37.2 Å². The van der Waals surface area contributed by atoms with Crippen molar-refractivity contribution in [3.8, 4) is 0 Å². The highest BCUT2D eigenvalue weighted by atomic mass is 16.6. The molecule has 0 bridgehead atoms.